The molecule has 1 heterocycles. The Labute approximate surface area is 57.2 Å². The Morgan fingerprint density at radius 3 is 3.22 bits per heavy atom. The molecule has 0 saturated heterocycles. The molecule has 1 aromatic rings. The molecule has 0 unspecified atom stereocenters. The number of carbonyl (C=O) groups excluding carboxylic acids is 1. The number of anilines is 1. The number of amides is 2. The van der Waals surface area contributed by atoms with Gasteiger partial charge in [-0.15, -0.1) is 11.3 Å². The molecule has 0 spiro atoms. The van der Waals surface area contributed by atoms with Crippen LogP contribution in [0.2, 0.25) is 0 Å². The minimum Gasteiger partial charge on any atom is -0.351 e. The van der Waals surface area contributed by atoms with Crippen LogP contribution in [0.4, 0.5) is 9.93 Å². The van der Waals surface area contributed by atoms with E-state index < -0.39 is 6.03 Å². The first-order valence-corrected chi connectivity index (χ1v) is 3.13. The van der Waals surface area contributed by atoms with Crippen molar-refractivity contribution in [3.8, 4) is 0 Å². The van der Waals surface area contributed by atoms with Crippen LogP contribution >= 0.6 is 11.3 Å². The molecule has 0 radical (unpaired) electrons. The summed E-state index contributed by atoms with van der Waals surface area (Å²) >= 11 is 1.33. The fraction of sp³-hybridized carbons (Fsp3) is 0. The van der Waals surface area contributed by atoms with E-state index in [-0.39, 0.29) is 1.43 Å². The number of rotatable bonds is 1. The lowest BCUT2D eigenvalue weighted by atomic mass is 10.9. The number of hydrogen-bond acceptors (Lipinski definition) is 3. The van der Waals surface area contributed by atoms with Gasteiger partial charge in [0.2, 0.25) is 0 Å². The SMILES string of the molecule is NC(=O)Nc1nccs1.[HH]. The number of hydrogen-bond donors (Lipinski definition) is 2. The van der Waals surface area contributed by atoms with Gasteiger partial charge in [-0.1, -0.05) is 0 Å². The molecule has 3 N–H and O–H groups in total. The Balaban J connectivity index is 0.000000810. The van der Waals surface area contributed by atoms with Crippen molar-refractivity contribution >= 4 is 22.5 Å². The third kappa shape index (κ3) is 1.69. The van der Waals surface area contributed by atoms with E-state index in [2.05, 4.69) is 10.3 Å². The normalized spacial score (nSPS) is 8.89. The van der Waals surface area contributed by atoms with Crippen LogP contribution in [-0.4, -0.2) is 11.0 Å². The van der Waals surface area contributed by atoms with Gasteiger partial charge < -0.3 is 5.73 Å². The van der Waals surface area contributed by atoms with Crippen molar-refractivity contribution < 1.29 is 6.22 Å². The maximum absolute atomic E-state index is 10.1. The molecule has 50 valence electrons. The largest absolute Gasteiger partial charge is 0.351 e. The Bertz CT molecular complexity index is 200. The second-order valence-electron chi connectivity index (χ2n) is 1.33. The molecule has 4 nitrogen and oxygen atoms in total. The highest BCUT2D eigenvalue weighted by Crippen LogP contribution is 2.08. The van der Waals surface area contributed by atoms with Crippen molar-refractivity contribution in [1.82, 2.24) is 4.98 Å². The average Bonchev–Trinajstić information content (AvgIpc) is 2.15. The lowest BCUT2D eigenvalue weighted by Crippen LogP contribution is -2.18. The van der Waals surface area contributed by atoms with Gasteiger partial charge in [0.1, 0.15) is 0 Å². The molecule has 0 aliphatic carbocycles. The van der Waals surface area contributed by atoms with Crippen LogP contribution in [0, 0.1) is 0 Å². The molecule has 0 saturated carbocycles. The standard InChI is InChI=1S/C4H5N3OS.H2/c5-3(8)7-4-6-1-2-9-4;/h1-2H,(H3,5,6,7,8);1H. The van der Waals surface area contributed by atoms with E-state index in [0.717, 1.165) is 0 Å². The van der Waals surface area contributed by atoms with Crippen molar-refractivity contribution in [3.63, 3.8) is 0 Å². The summed E-state index contributed by atoms with van der Waals surface area (Å²) < 4.78 is 0. The maximum atomic E-state index is 10.1. The fourth-order valence-corrected chi connectivity index (χ4v) is 0.922. The highest BCUT2D eigenvalue weighted by Gasteiger charge is 1.94. The summed E-state index contributed by atoms with van der Waals surface area (Å²) in [5, 5.41) is 4.62. The van der Waals surface area contributed by atoms with Gasteiger partial charge in [-0.05, 0) is 0 Å². The monoisotopic (exact) mass is 145 g/mol. The summed E-state index contributed by atoms with van der Waals surface area (Å²) in [6.45, 7) is 0. The lowest BCUT2D eigenvalue weighted by molar-refractivity contribution is 0.259. The van der Waals surface area contributed by atoms with Crippen LogP contribution in [0.3, 0.4) is 0 Å². The summed E-state index contributed by atoms with van der Waals surface area (Å²) in [7, 11) is 0. The number of thiazole rings is 1. The number of carbonyl (C=O) groups is 1. The zero-order valence-corrected chi connectivity index (χ0v) is 5.31. The van der Waals surface area contributed by atoms with Gasteiger partial charge in [0.05, 0.1) is 0 Å². The minimum absolute atomic E-state index is 0. The van der Waals surface area contributed by atoms with Gasteiger partial charge in [0, 0.05) is 13.0 Å². The summed E-state index contributed by atoms with van der Waals surface area (Å²) in [4.78, 5) is 13.9. The van der Waals surface area contributed by atoms with Gasteiger partial charge >= 0.3 is 6.03 Å². The highest BCUT2D eigenvalue weighted by atomic mass is 32.1. The first-order valence-electron chi connectivity index (χ1n) is 2.25. The molecule has 1 aromatic heterocycles. The van der Waals surface area contributed by atoms with Crippen LogP contribution in [-0.2, 0) is 0 Å². The molecule has 2 amide bonds. The second-order valence-corrected chi connectivity index (χ2v) is 2.22. The van der Waals surface area contributed by atoms with Gasteiger partial charge in [0.25, 0.3) is 0 Å². The quantitative estimate of drug-likeness (QED) is 0.616. The number of aromatic nitrogens is 1. The lowest BCUT2D eigenvalue weighted by Gasteiger charge is -1.90. The zero-order chi connectivity index (χ0) is 6.69. The molecule has 9 heavy (non-hydrogen) atoms. The summed E-state index contributed by atoms with van der Waals surface area (Å²) in [5.74, 6) is 0. The third-order valence-electron chi connectivity index (χ3n) is 0.662. The number of nitrogens with one attached hydrogen (secondary N) is 1. The maximum Gasteiger partial charge on any atom is 0.318 e. The van der Waals surface area contributed by atoms with Crippen molar-refractivity contribution in [1.29, 1.82) is 0 Å². The summed E-state index contributed by atoms with van der Waals surface area (Å²) in [6, 6.07) is -0.579. The molecule has 0 bridgehead atoms. The average molecular weight is 145 g/mol. The molecule has 5 heteroatoms. The Morgan fingerprint density at radius 2 is 2.78 bits per heavy atom. The Morgan fingerprint density at radius 1 is 2.00 bits per heavy atom. The number of urea groups is 1. The van der Waals surface area contributed by atoms with E-state index in [0.29, 0.717) is 5.13 Å². The van der Waals surface area contributed by atoms with Crippen molar-refractivity contribution in [2.75, 3.05) is 5.32 Å². The molecular weight excluding hydrogens is 138 g/mol. The van der Waals surface area contributed by atoms with Crippen molar-refractivity contribution in [2.45, 2.75) is 0 Å². The van der Waals surface area contributed by atoms with E-state index in [1.54, 1.807) is 11.6 Å². The van der Waals surface area contributed by atoms with Crippen LogP contribution < -0.4 is 11.1 Å². The predicted molar refractivity (Wildman–Crippen MR) is 37.4 cm³/mol. The third-order valence-corrected chi connectivity index (χ3v) is 1.35. The van der Waals surface area contributed by atoms with Crippen LogP contribution in [0.15, 0.2) is 11.6 Å². The van der Waals surface area contributed by atoms with Gasteiger partial charge in [-0.2, -0.15) is 0 Å². The van der Waals surface area contributed by atoms with E-state index in [4.69, 9.17) is 5.73 Å². The summed E-state index contributed by atoms with van der Waals surface area (Å²) in [5.41, 5.74) is 4.80. The molecule has 1 rings (SSSR count). The first-order chi connectivity index (χ1) is 4.29. The topological polar surface area (TPSA) is 68.0 Å². The van der Waals surface area contributed by atoms with Crippen LogP contribution in [0.25, 0.3) is 0 Å². The smallest absolute Gasteiger partial charge is 0.318 e. The van der Waals surface area contributed by atoms with Crippen LogP contribution in [0.5, 0.6) is 0 Å². The molecule has 0 fully saturated rings. The second kappa shape index (κ2) is 2.45. The fourth-order valence-electron chi connectivity index (χ4n) is 0.391. The van der Waals surface area contributed by atoms with Crippen LogP contribution in [0.1, 0.15) is 1.43 Å². The predicted octanol–water partition coefficient (Wildman–Crippen LogP) is 0.880. The highest BCUT2D eigenvalue weighted by molar-refractivity contribution is 7.13. The Hall–Kier alpha value is -1.10. The summed E-state index contributed by atoms with van der Waals surface area (Å²) in [6.07, 6.45) is 1.59. The van der Waals surface area contributed by atoms with E-state index in [9.17, 15) is 4.79 Å². The Kier molecular flexibility index (Phi) is 1.64. The number of primary amides is 1. The van der Waals surface area contributed by atoms with Gasteiger partial charge in [-0.25, -0.2) is 9.78 Å². The zero-order valence-electron chi connectivity index (χ0n) is 4.50. The molecule has 0 atom stereocenters. The molecule has 0 aliphatic heterocycles. The van der Waals surface area contributed by atoms with Gasteiger partial charge in [0.15, 0.2) is 5.13 Å². The number of nitrogens with two attached hydrogens (primary N) is 1. The molecule has 0 aliphatic rings. The molecule has 0 aromatic carbocycles. The van der Waals surface area contributed by atoms with E-state index >= 15 is 0 Å². The van der Waals surface area contributed by atoms with Crippen molar-refractivity contribution in [3.05, 3.63) is 11.6 Å². The first kappa shape index (κ1) is 6.03. The number of nitrogens with zero attached hydrogens (tertiary/aromatic N) is 1. The molecular formula is C4H7N3OS. The van der Waals surface area contributed by atoms with E-state index in [1.165, 1.54) is 11.3 Å². The minimum atomic E-state index is -0.579. The van der Waals surface area contributed by atoms with Gasteiger partial charge in [-0.3, -0.25) is 5.32 Å². The van der Waals surface area contributed by atoms with Crippen molar-refractivity contribution in [2.24, 2.45) is 5.73 Å². The van der Waals surface area contributed by atoms with E-state index in [1.807, 2.05) is 0 Å².